The maximum absolute atomic E-state index is 9.55. The third-order valence-corrected chi connectivity index (χ3v) is 5.66. The van der Waals surface area contributed by atoms with Gasteiger partial charge in [0.2, 0.25) is 5.95 Å². The van der Waals surface area contributed by atoms with Crippen molar-refractivity contribution >= 4 is 28.5 Å². The molecule has 5 N–H and O–H groups in total. The van der Waals surface area contributed by atoms with Crippen LogP contribution in [0.25, 0.3) is 11.0 Å². The van der Waals surface area contributed by atoms with Crippen LogP contribution in [0.3, 0.4) is 0 Å². The first-order valence-electron chi connectivity index (χ1n) is 10.1. The second-order valence-corrected chi connectivity index (χ2v) is 7.94. The Kier molecular flexibility index (Phi) is 5.18. The molecule has 4 rings (SSSR count). The molecule has 0 amide bonds. The van der Waals surface area contributed by atoms with Gasteiger partial charge < -0.3 is 26.3 Å². The van der Waals surface area contributed by atoms with Crippen LogP contribution in [0, 0.1) is 18.3 Å². The highest BCUT2D eigenvalue weighted by Crippen LogP contribution is 2.33. The van der Waals surface area contributed by atoms with E-state index < -0.39 is 0 Å². The standard InChI is InChI=1S/C21H27N9/c1-12-15(10-22)20(28-21(24)26-12)25-13(2)19-18(30-7-4-5-14(23)11-30)9-17-16(27-19)6-8-29(17)3/h6,8-9,13-14H,4-5,7,11,23H2,1-3H3,(H3,24,25,26,28)/t13-,14-/m0/s1. The number of pyridine rings is 1. The molecule has 9 nitrogen and oxygen atoms in total. The lowest BCUT2D eigenvalue weighted by Gasteiger charge is -2.34. The van der Waals surface area contributed by atoms with Crippen molar-refractivity contribution < 1.29 is 0 Å². The molecular weight excluding hydrogens is 378 g/mol. The highest BCUT2D eigenvalue weighted by atomic mass is 15.2. The van der Waals surface area contributed by atoms with Crippen LogP contribution < -0.4 is 21.7 Å². The number of aryl methyl sites for hydroxylation is 2. The average molecular weight is 406 g/mol. The van der Waals surface area contributed by atoms with Crippen LogP contribution in [-0.4, -0.2) is 38.7 Å². The van der Waals surface area contributed by atoms with E-state index in [4.69, 9.17) is 16.5 Å². The van der Waals surface area contributed by atoms with E-state index in [0.717, 1.165) is 48.3 Å². The van der Waals surface area contributed by atoms with Gasteiger partial charge in [-0.1, -0.05) is 0 Å². The van der Waals surface area contributed by atoms with Crippen molar-refractivity contribution in [2.24, 2.45) is 12.8 Å². The van der Waals surface area contributed by atoms with Crippen molar-refractivity contribution in [1.82, 2.24) is 19.5 Å². The molecule has 1 aliphatic rings. The SMILES string of the molecule is Cc1nc(N)nc(N[C@@H](C)c2nc3ccn(C)c3cc2N2CCC[C@H](N)C2)c1C#N. The largest absolute Gasteiger partial charge is 0.368 e. The summed E-state index contributed by atoms with van der Waals surface area (Å²) in [6.45, 7) is 5.49. The van der Waals surface area contributed by atoms with Crippen LogP contribution in [-0.2, 0) is 7.05 Å². The fourth-order valence-electron chi connectivity index (χ4n) is 4.10. The summed E-state index contributed by atoms with van der Waals surface area (Å²) >= 11 is 0. The molecule has 156 valence electrons. The molecular formula is C21H27N9. The lowest BCUT2D eigenvalue weighted by atomic mass is 10.0. The Morgan fingerprint density at radius 1 is 1.33 bits per heavy atom. The molecule has 1 aliphatic heterocycles. The molecule has 1 saturated heterocycles. The first kappa shape index (κ1) is 19.9. The van der Waals surface area contributed by atoms with Crippen LogP contribution in [0.5, 0.6) is 0 Å². The van der Waals surface area contributed by atoms with Crippen molar-refractivity contribution in [3.63, 3.8) is 0 Å². The Bertz CT molecular complexity index is 1130. The van der Waals surface area contributed by atoms with Crippen LogP contribution in [0.15, 0.2) is 18.3 Å². The minimum atomic E-state index is -0.205. The number of nitriles is 1. The fraction of sp³-hybridized carbons (Fsp3) is 0.429. The molecule has 0 aromatic carbocycles. The molecule has 30 heavy (non-hydrogen) atoms. The fourth-order valence-corrected chi connectivity index (χ4v) is 4.10. The number of anilines is 3. The van der Waals surface area contributed by atoms with E-state index in [2.05, 4.69) is 36.9 Å². The quantitative estimate of drug-likeness (QED) is 0.601. The minimum absolute atomic E-state index is 0.134. The van der Waals surface area contributed by atoms with E-state index in [9.17, 15) is 5.26 Å². The van der Waals surface area contributed by atoms with Gasteiger partial charge in [0, 0.05) is 32.4 Å². The third-order valence-electron chi connectivity index (χ3n) is 5.66. The number of hydrogen-bond acceptors (Lipinski definition) is 8. The van der Waals surface area contributed by atoms with Crippen molar-refractivity contribution in [2.45, 2.75) is 38.8 Å². The molecule has 1 fully saturated rings. The van der Waals surface area contributed by atoms with Gasteiger partial charge >= 0.3 is 0 Å². The average Bonchev–Trinajstić information content (AvgIpc) is 3.07. The Morgan fingerprint density at radius 3 is 2.87 bits per heavy atom. The smallest absolute Gasteiger partial charge is 0.222 e. The van der Waals surface area contributed by atoms with Gasteiger partial charge in [-0.05, 0) is 38.8 Å². The number of nitrogen functional groups attached to an aromatic ring is 1. The number of nitrogens with two attached hydrogens (primary N) is 2. The van der Waals surface area contributed by atoms with E-state index in [-0.39, 0.29) is 18.0 Å². The first-order valence-corrected chi connectivity index (χ1v) is 10.1. The van der Waals surface area contributed by atoms with Crippen molar-refractivity contribution in [1.29, 1.82) is 5.26 Å². The van der Waals surface area contributed by atoms with E-state index >= 15 is 0 Å². The molecule has 4 heterocycles. The summed E-state index contributed by atoms with van der Waals surface area (Å²) in [6, 6.07) is 6.30. The van der Waals surface area contributed by atoms with Crippen molar-refractivity contribution in [3.8, 4) is 6.07 Å². The highest BCUT2D eigenvalue weighted by molar-refractivity contribution is 5.81. The second-order valence-electron chi connectivity index (χ2n) is 7.94. The van der Waals surface area contributed by atoms with Crippen molar-refractivity contribution in [3.05, 3.63) is 35.3 Å². The molecule has 9 heteroatoms. The van der Waals surface area contributed by atoms with Gasteiger partial charge in [0.15, 0.2) is 0 Å². The Balaban J connectivity index is 1.77. The van der Waals surface area contributed by atoms with Crippen LogP contribution in [0.1, 0.15) is 42.8 Å². The van der Waals surface area contributed by atoms with Gasteiger partial charge in [0.05, 0.1) is 34.2 Å². The Hall–Kier alpha value is -3.38. The monoisotopic (exact) mass is 405 g/mol. The normalized spacial score (nSPS) is 17.7. The van der Waals surface area contributed by atoms with E-state index in [1.807, 2.05) is 26.2 Å². The second kappa shape index (κ2) is 7.80. The zero-order chi connectivity index (χ0) is 21.4. The highest BCUT2D eigenvalue weighted by Gasteiger charge is 2.24. The van der Waals surface area contributed by atoms with Crippen molar-refractivity contribution in [2.75, 3.05) is 29.0 Å². The molecule has 0 bridgehead atoms. The summed E-state index contributed by atoms with van der Waals surface area (Å²) in [5.41, 5.74) is 17.0. The number of hydrogen-bond donors (Lipinski definition) is 3. The summed E-state index contributed by atoms with van der Waals surface area (Å²) < 4.78 is 2.07. The number of aromatic nitrogens is 4. The number of piperidine rings is 1. The van der Waals surface area contributed by atoms with Crippen LogP contribution in [0.2, 0.25) is 0 Å². The third kappa shape index (κ3) is 3.62. The summed E-state index contributed by atoms with van der Waals surface area (Å²) in [6.07, 6.45) is 4.09. The molecule has 3 aromatic rings. The van der Waals surface area contributed by atoms with Gasteiger partial charge in [-0.3, -0.25) is 0 Å². The topological polar surface area (TPSA) is 135 Å². The summed E-state index contributed by atoms with van der Waals surface area (Å²) in [4.78, 5) is 15.6. The molecule has 2 atom stereocenters. The summed E-state index contributed by atoms with van der Waals surface area (Å²) in [7, 11) is 2.02. The lowest BCUT2D eigenvalue weighted by molar-refractivity contribution is 0.504. The summed E-state index contributed by atoms with van der Waals surface area (Å²) in [5, 5.41) is 12.9. The van der Waals surface area contributed by atoms with Gasteiger partial charge in [0.25, 0.3) is 0 Å². The van der Waals surface area contributed by atoms with Crippen LogP contribution in [0.4, 0.5) is 17.5 Å². The molecule has 0 unspecified atom stereocenters. The van der Waals surface area contributed by atoms with Gasteiger partial charge in [-0.25, -0.2) is 9.97 Å². The maximum Gasteiger partial charge on any atom is 0.222 e. The van der Waals surface area contributed by atoms with Gasteiger partial charge in [-0.15, -0.1) is 0 Å². The van der Waals surface area contributed by atoms with Gasteiger partial charge in [0.1, 0.15) is 17.5 Å². The maximum atomic E-state index is 9.55. The van der Waals surface area contributed by atoms with Gasteiger partial charge in [-0.2, -0.15) is 10.2 Å². The predicted octanol–water partition coefficient (Wildman–Crippen LogP) is 2.23. The van der Waals surface area contributed by atoms with E-state index in [1.165, 1.54) is 0 Å². The zero-order valence-electron chi connectivity index (χ0n) is 17.6. The molecule has 0 radical (unpaired) electrons. The molecule has 0 spiro atoms. The lowest BCUT2D eigenvalue weighted by Crippen LogP contribution is -2.43. The molecule has 3 aromatic heterocycles. The Labute approximate surface area is 175 Å². The number of nitrogens with one attached hydrogen (secondary N) is 1. The zero-order valence-corrected chi connectivity index (χ0v) is 17.6. The van der Waals surface area contributed by atoms with E-state index in [0.29, 0.717) is 17.1 Å². The number of nitrogens with zero attached hydrogens (tertiary/aromatic N) is 6. The summed E-state index contributed by atoms with van der Waals surface area (Å²) in [5.74, 6) is 0.557. The minimum Gasteiger partial charge on any atom is -0.368 e. The van der Waals surface area contributed by atoms with Crippen LogP contribution >= 0.6 is 0 Å². The number of rotatable bonds is 4. The number of fused-ring (bicyclic) bond motifs is 1. The molecule has 0 aliphatic carbocycles. The Morgan fingerprint density at radius 2 is 2.13 bits per heavy atom. The van der Waals surface area contributed by atoms with E-state index in [1.54, 1.807) is 6.92 Å². The molecule has 0 saturated carbocycles. The predicted molar refractivity (Wildman–Crippen MR) is 118 cm³/mol. The first-order chi connectivity index (χ1) is 14.4.